The van der Waals surface area contributed by atoms with E-state index in [1.165, 1.54) is 12.5 Å². The first-order valence-corrected chi connectivity index (χ1v) is 12.2. The quantitative estimate of drug-likeness (QED) is 0.358. The average molecular weight is 514 g/mol. The van der Waals surface area contributed by atoms with Gasteiger partial charge in [-0.1, -0.05) is 49.7 Å². The van der Waals surface area contributed by atoms with E-state index in [2.05, 4.69) is 25.7 Å². The minimum atomic E-state index is -0.631. The van der Waals surface area contributed by atoms with E-state index >= 15 is 0 Å². The van der Waals surface area contributed by atoms with Crippen molar-refractivity contribution in [1.29, 1.82) is 5.53 Å². The summed E-state index contributed by atoms with van der Waals surface area (Å²) in [6, 6.07) is 5.44. The molecule has 11 heteroatoms. The van der Waals surface area contributed by atoms with Gasteiger partial charge in [0, 0.05) is 24.5 Å². The standard InChI is InChI=1S/C25H32ClN7O3/c1-15(2)22(29-11-16(3)32-27)25(36)33-10-4-5-21(33)24(35)31-20(13-34)17-6-8-18(9-7-17)23-19(26)12-28-14-30-23/h6-9,11-12,14-15,20-22,27,29,34H,4-5,10,13H2,1-3H3,(H,31,35)/b16-11-,32-27?/t20-,21-,22-/m0/s1. The molecule has 2 amide bonds. The molecule has 2 heterocycles. The molecule has 1 aliphatic rings. The van der Waals surface area contributed by atoms with Crippen molar-refractivity contribution in [2.45, 2.75) is 51.7 Å². The van der Waals surface area contributed by atoms with Crippen molar-refractivity contribution in [3.8, 4) is 11.3 Å². The Bertz CT molecular complexity index is 1110. The number of halogens is 1. The SMILES string of the molecule is C/C(=C/N[C@H](C(=O)N1CCC[C@H]1C(=O)N[C@@H](CO)c1ccc(-c2ncncc2Cl)cc1)C(C)C)N=N. The third kappa shape index (κ3) is 6.44. The number of nitrogens with one attached hydrogen (secondary N) is 3. The lowest BCUT2D eigenvalue weighted by atomic mass is 10.0. The zero-order chi connectivity index (χ0) is 26.2. The van der Waals surface area contributed by atoms with Crippen molar-refractivity contribution in [3.05, 3.63) is 59.3 Å². The van der Waals surface area contributed by atoms with Gasteiger partial charge in [0.1, 0.15) is 18.4 Å². The molecular weight excluding hydrogens is 482 g/mol. The molecule has 1 fully saturated rings. The van der Waals surface area contributed by atoms with E-state index in [-0.39, 0.29) is 24.3 Å². The average Bonchev–Trinajstić information content (AvgIpc) is 3.37. The third-order valence-electron chi connectivity index (χ3n) is 6.17. The van der Waals surface area contributed by atoms with Crippen LogP contribution in [0.2, 0.25) is 5.02 Å². The van der Waals surface area contributed by atoms with Crippen molar-refractivity contribution >= 4 is 23.4 Å². The van der Waals surface area contributed by atoms with Gasteiger partial charge in [-0.05, 0) is 31.2 Å². The van der Waals surface area contributed by atoms with Crippen LogP contribution in [0.3, 0.4) is 0 Å². The molecule has 1 aromatic heterocycles. The number of aliphatic hydroxyl groups excluding tert-OH is 1. The summed E-state index contributed by atoms with van der Waals surface area (Å²) in [6.45, 7) is 5.68. The molecule has 4 N–H and O–H groups in total. The van der Waals surface area contributed by atoms with E-state index in [1.54, 1.807) is 30.2 Å². The second-order valence-electron chi connectivity index (χ2n) is 9.06. The first-order valence-electron chi connectivity index (χ1n) is 11.8. The summed E-state index contributed by atoms with van der Waals surface area (Å²) in [7, 11) is 0. The van der Waals surface area contributed by atoms with Crippen molar-refractivity contribution in [2.24, 2.45) is 11.0 Å². The lowest BCUT2D eigenvalue weighted by Gasteiger charge is -2.31. The van der Waals surface area contributed by atoms with Crippen LogP contribution in [0.5, 0.6) is 0 Å². The number of amides is 2. The fraction of sp³-hybridized carbons (Fsp3) is 0.440. The molecule has 0 unspecified atom stereocenters. The number of benzene rings is 1. The van der Waals surface area contributed by atoms with Crippen molar-refractivity contribution in [1.82, 2.24) is 25.5 Å². The van der Waals surface area contributed by atoms with Gasteiger partial charge in [-0.3, -0.25) is 9.59 Å². The Morgan fingerprint density at radius 2 is 2.06 bits per heavy atom. The number of aromatic nitrogens is 2. The molecule has 3 atom stereocenters. The molecule has 0 radical (unpaired) electrons. The van der Waals surface area contributed by atoms with Gasteiger partial charge in [0.05, 0.1) is 29.1 Å². The molecule has 10 nitrogen and oxygen atoms in total. The van der Waals surface area contributed by atoms with Crippen LogP contribution in [0.25, 0.3) is 11.3 Å². The second-order valence-corrected chi connectivity index (χ2v) is 9.47. The summed E-state index contributed by atoms with van der Waals surface area (Å²) in [5.41, 5.74) is 9.63. The fourth-order valence-electron chi connectivity index (χ4n) is 4.17. The molecule has 0 saturated carbocycles. The molecule has 36 heavy (non-hydrogen) atoms. The van der Waals surface area contributed by atoms with Gasteiger partial charge in [-0.2, -0.15) is 5.11 Å². The van der Waals surface area contributed by atoms with E-state index in [4.69, 9.17) is 17.1 Å². The van der Waals surface area contributed by atoms with E-state index in [1.807, 2.05) is 26.0 Å². The Balaban J connectivity index is 1.71. The van der Waals surface area contributed by atoms with E-state index in [0.717, 1.165) is 11.1 Å². The van der Waals surface area contributed by atoms with Crippen molar-refractivity contribution in [3.63, 3.8) is 0 Å². The maximum Gasteiger partial charge on any atom is 0.245 e. The van der Waals surface area contributed by atoms with Gasteiger partial charge in [0.2, 0.25) is 11.8 Å². The van der Waals surface area contributed by atoms with Crippen LogP contribution < -0.4 is 10.6 Å². The monoisotopic (exact) mass is 513 g/mol. The first kappa shape index (κ1) is 27.2. The summed E-state index contributed by atoms with van der Waals surface area (Å²) in [5.74, 6) is -0.523. The number of hydrogen-bond donors (Lipinski definition) is 4. The number of aliphatic hydroxyl groups is 1. The molecule has 1 aromatic carbocycles. The van der Waals surface area contributed by atoms with Crippen LogP contribution in [0.15, 0.2) is 53.8 Å². The summed E-state index contributed by atoms with van der Waals surface area (Å²) in [5, 5.41) is 19.7. The maximum absolute atomic E-state index is 13.3. The van der Waals surface area contributed by atoms with Gasteiger partial charge in [0.25, 0.3) is 0 Å². The zero-order valence-corrected chi connectivity index (χ0v) is 21.4. The highest BCUT2D eigenvalue weighted by atomic mass is 35.5. The fourth-order valence-corrected chi connectivity index (χ4v) is 4.39. The van der Waals surface area contributed by atoms with E-state index < -0.39 is 18.1 Å². The molecule has 192 valence electrons. The Morgan fingerprint density at radius 1 is 1.33 bits per heavy atom. The second kappa shape index (κ2) is 12.5. The topological polar surface area (TPSA) is 144 Å². The zero-order valence-electron chi connectivity index (χ0n) is 20.6. The number of hydrogen-bond acceptors (Lipinski definition) is 8. The van der Waals surface area contributed by atoms with Crippen LogP contribution in [0.1, 0.15) is 45.2 Å². The normalized spacial score (nSPS) is 17.6. The molecule has 3 rings (SSSR count). The molecule has 0 aliphatic carbocycles. The van der Waals surface area contributed by atoms with Gasteiger partial charge in [-0.15, -0.1) is 0 Å². The van der Waals surface area contributed by atoms with Crippen molar-refractivity contribution < 1.29 is 14.7 Å². The Hall–Kier alpha value is -3.37. The van der Waals surface area contributed by atoms with Crippen LogP contribution in [-0.4, -0.2) is 57.0 Å². The summed E-state index contributed by atoms with van der Waals surface area (Å²) in [4.78, 5) is 36.2. The highest BCUT2D eigenvalue weighted by Crippen LogP contribution is 2.26. The maximum atomic E-state index is 13.3. The molecule has 1 saturated heterocycles. The lowest BCUT2D eigenvalue weighted by Crippen LogP contribution is -2.53. The smallest absolute Gasteiger partial charge is 0.245 e. The molecule has 2 aromatic rings. The largest absolute Gasteiger partial charge is 0.394 e. The Kier molecular flexibility index (Phi) is 9.49. The number of carbonyl (C=O) groups is 2. The van der Waals surface area contributed by atoms with Crippen LogP contribution in [0, 0.1) is 11.4 Å². The highest BCUT2D eigenvalue weighted by molar-refractivity contribution is 6.32. The van der Waals surface area contributed by atoms with E-state index in [9.17, 15) is 14.7 Å². The third-order valence-corrected chi connectivity index (χ3v) is 6.45. The van der Waals surface area contributed by atoms with Gasteiger partial charge >= 0.3 is 0 Å². The Morgan fingerprint density at radius 3 is 2.67 bits per heavy atom. The molecule has 1 aliphatic heterocycles. The van der Waals surface area contributed by atoms with Gasteiger partial charge < -0.3 is 20.6 Å². The number of likely N-dealkylation sites (tertiary alicyclic amines) is 1. The van der Waals surface area contributed by atoms with Crippen molar-refractivity contribution in [2.75, 3.05) is 13.2 Å². The molecule has 0 bridgehead atoms. The van der Waals surface area contributed by atoms with Crippen LogP contribution >= 0.6 is 11.6 Å². The number of rotatable bonds is 10. The Labute approximate surface area is 215 Å². The summed E-state index contributed by atoms with van der Waals surface area (Å²) < 4.78 is 0. The lowest BCUT2D eigenvalue weighted by molar-refractivity contribution is -0.141. The molecular formula is C25H32ClN7O3. The minimum Gasteiger partial charge on any atom is -0.394 e. The van der Waals surface area contributed by atoms with Crippen LogP contribution in [-0.2, 0) is 9.59 Å². The number of carbonyl (C=O) groups excluding carboxylic acids is 2. The summed E-state index contributed by atoms with van der Waals surface area (Å²) in [6.07, 6.45) is 5.74. The van der Waals surface area contributed by atoms with E-state index in [0.29, 0.717) is 35.8 Å². The predicted octanol–water partition coefficient (Wildman–Crippen LogP) is 3.44. The van der Waals surface area contributed by atoms with Crippen LogP contribution in [0.4, 0.5) is 0 Å². The van der Waals surface area contributed by atoms with Gasteiger partial charge in [0.15, 0.2) is 0 Å². The predicted molar refractivity (Wildman–Crippen MR) is 136 cm³/mol. The van der Waals surface area contributed by atoms with Gasteiger partial charge in [-0.25, -0.2) is 15.5 Å². The number of allylic oxidation sites excluding steroid dienone is 1. The first-order chi connectivity index (χ1) is 17.3. The number of nitrogens with zero attached hydrogens (tertiary/aromatic N) is 4. The molecule has 0 spiro atoms. The minimum absolute atomic E-state index is 0.0383. The summed E-state index contributed by atoms with van der Waals surface area (Å²) >= 11 is 6.18. The highest BCUT2D eigenvalue weighted by Gasteiger charge is 2.38.